The van der Waals surface area contributed by atoms with Gasteiger partial charge in [0.2, 0.25) is 5.75 Å². The fourth-order valence-corrected chi connectivity index (χ4v) is 5.14. The Morgan fingerprint density at radius 2 is 1.64 bits per heavy atom. The van der Waals surface area contributed by atoms with Crippen molar-refractivity contribution in [2.45, 2.75) is 43.7 Å². The zero-order valence-corrected chi connectivity index (χ0v) is 19.9. The second-order valence-electron chi connectivity index (χ2n) is 8.20. The van der Waals surface area contributed by atoms with Crippen molar-refractivity contribution in [1.29, 1.82) is 0 Å². The zero-order valence-electron chi connectivity index (χ0n) is 19.1. The number of hydrogen-bond acceptors (Lipinski definition) is 6. The van der Waals surface area contributed by atoms with Gasteiger partial charge in [0.05, 0.1) is 14.2 Å². The lowest BCUT2D eigenvalue weighted by molar-refractivity contribution is 0.359. The summed E-state index contributed by atoms with van der Waals surface area (Å²) in [5, 5.41) is 3.63. The molecule has 0 aliphatic heterocycles. The number of benzene rings is 3. The van der Waals surface area contributed by atoms with Crippen molar-refractivity contribution in [2.75, 3.05) is 14.2 Å². The Morgan fingerprint density at radius 1 is 0.970 bits per heavy atom. The third kappa shape index (κ3) is 5.15. The van der Waals surface area contributed by atoms with E-state index in [4.69, 9.17) is 13.7 Å². The van der Waals surface area contributed by atoms with Gasteiger partial charge in [-0.3, -0.25) is 0 Å². The molecular weight excluding hydrogens is 438 g/mol. The lowest BCUT2D eigenvalue weighted by atomic mass is 9.87. The zero-order chi connectivity index (χ0) is 23.4. The molecule has 4 rings (SSSR count). The van der Waals surface area contributed by atoms with Gasteiger partial charge in [-0.1, -0.05) is 42.0 Å². The molecule has 0 aromatic heterocycles. The minimum Gasteiger partial charge on any atom is -0.493 e. The van der Waals surface area contributed by atoms with E-state index in [2.05, 4.69) is 29.6 Å². The van der Waals surface area contributed by atoms with Gasteiger partial charge in [0.15, 0.2) is 11.5 Å². The van der Waals surface area contributed by atoms with Gasteiger partial charge < -0.3 is 19.0 Å². The van der Waals surface area contributed by atoms with E-state index in [1.165, 1.54) is 37.5 Å². The third-order valence-electron chi connectivity index (χ3n) is 5.95. The molecule has 174 valence electrons. The maximum absolute atomic E-state index is 12.8. The molecule has 1 atom stereocenters. The van der Waals surface area contributed by atoms with Gasteiger partial charge in [-0.25, -0.2) is 0 Å². The molecule has 3 aromatic rings. The highest BCUT2D eigenvalue weighted by molar-refractivity contribution is 7.87. The van der Waals surface area contributed by atoms with E-state index in [0.717, 1.165) is 30.4 Å². The van der Waals surface area contributed by atoms with Gasteiger partial charge >= 0.3 is 10.1 Å². The minimum absolute atomic E-state index is 0.0346. The minimum atomic E-state index is -4.05. The van der Waals surface area contributed by atoms with Crippen molar-refractivity contribution in [3.63, 3.8) is 0 Å². The van der Waals surface area contributed by atoms with Crippen LogP contribution >= 0.6 is 0 Å². The van der Waals surface area contributed by atoms with Crippen LogP contribution < -0.4 is 19.0 Å². The number of ether oxygens (including phenoxy) is 2. The quantitative estimate of drug-likeness (QED) is 0.473. The van der Waals surface area contributed by atoms with E-state index >= 15 is 0 Å². The van der Waals surface area contributed by atoms with Gasteiger partial charge in [-0.2, -0.15) is 8.42 Å². The predicted molar refractivity (Wildman–Crippen MR) is 127 cm³/mol. The van der Waals surface area contributed by atoms with Crippen molar-refractivity contribution < 1.29 is 22.1 Å². The summed E-state index contributed by atoms with van der Waals surface area (Å²) in [5.41, 5.74) is 4.60. The molecule has 0 amide bonds. The van der Waals surface area contributed by atoms with Crippen molar-refractivity contribution in [2.24, 2.45) is 0 Å². The van der Waals surface area contributed by atoms with Gasteiger partial charge in [0.25, 0.3) is 0 Å². The highest BCUT2D eigenvalue weighted by atomic mass is 32.2. The number of rotatable bonds is 8. The van der Waals surface area contributed by atoms with Gasteiger partial charge in [0.1, 0.15) is 4.90 Å². The number of hydrogen-bond donors (Lipinski definition) is 1. The van der Waals surface area contributed by atoms with E-state index in [1.807, 2.05) is 6.92 Å². The fourth-order valence-electron chi connectivity index (χ4n) is 4.19. The monoisotopic (exact) mass is 467 g/mol. The van der Waals surface area contributed by atoms with Crippen LogP contribution in [0.4, 0.5) is 0 Å². The Bertz CT molecular complexity index is 1200. The first-order valence-corrected chi connectivity index (χ1v) is 12.4. The average molecular weight is 468 g/mol. The van der Waals surface area contributed by atoms with Crippen LogP contribution in [0.15, 0.2) is 65.6 Å². The van der Waals surface area contributed by atoms with Crippen LogP contribution in [0.5, 0.6) is 17.2 Å². The smallest absolute Gasteiger partial charge is 0.339 e. The number of methoxy groups -OCH3 is 2. The molecule has 0 saturated heterocycles. The summed E-state index contributed by atoms with van der Waals surface area (Å²) in [4.78, 5) is 0.0684. The molecule has 1 unspecified atom stereocenters. The Hall–Kier alpha value is -3.03. The van der Waals surface area contributed by atoms with Crippen LogP contribution in [0.25, 0.3) is 0 Å². The standard InChI is InChI=1S/C26H29NO5S/c1-18-11-13-21(14-12-18)33(28,29)32-26-24(30-2)15-19(16-25(26)31-3)17-27-23-10-6-8-20-7-4-5-9-22(20)23/h4-5,7,9,11-16,23,27H,6,8,10,17H2,1-3H3. The van der Waals surface area contributed by atoms with E-state index in [0.29, 0.717) is 18.0 Å². The largest absolute Gasteiger partial charge is 0.493 e. The number of aryl methyl sites for hydroxylation is 2. The van der Waals surface area contributed by atoms with Crippen molar-refractivity contribution in [3.05, 3.63) is 82.9 Å². The Morgan fingerprint density at radius 3 is 2.30 bits per heavy atom. The molecule has 1 aliphatic rings. The summed E-state index contributed by atoms with van der Waals surface area (Å²) < 4.78 is 42.1. The summed E-state index contributed by atoms with van der Waals surface area (Å²) in [6.07, 6.45) is 3.32. The highest BCUT2D eigenvalue weighted by Crippen LogP contribution is 2.40. The molecule has 0 saturated carbocycles. The second-order valence-corrected chi connectivity index (χ2v) is 9.75. The molecule has 33 heavy (non-hydrogen) atoms. The average Bonchev–Trinajstić information content (AvgIpc) is 2.83. The van der Waals surface area contributed by atoms with Gasteiger partial charge in [0, 0.05) is 12.6 Å². The fraction of sp³-hybridized carbons (Fsp3) is 0.308. The molecule has 1 aliphatic carbocycles. The van der Waals surface area contributed by atoms with E-state index in [-0.39, 0.29) is 16.7 Å². The summed E-state index contributed by atoms with van der Waals surface area (Å²) >= 11 is 0. The molecule has 3 aromatic carbocycles. The predicted octanol–water partition coefficient (Wildman–Crippen LogP) is 4.95. The molecular formula is C26H29NO5S. The number of fused-ring (bicyclic) bond motifs is 1. The molecule has 0 fully saturated rings. The molecule has 7 heteroatoms. The highest BCUT2D eigenvalue weighted by Gasteiger charge is 2.24. The van der Waals surface area contributed by atoms with Crippen LogP contribution in [0.1, 0.15) is 41.1 Å². The first-order valence-electron chi connectivity index (χ1n) is 11.0. The maximum Gasteiger partial charge on any atom is 0.339 e. The summed E-state index contributed by atoms with van der Waals surface area (Å²) in [6, 6.07) is 18.8. The summed E-state index contributed by atoms with van der Waals surface area (Å²) in [7, 11) is -1.08. The first-order chi connectivity index (χ1) is 15.9. The van der Waals surface area contributed by atoms with Crippen LogP contribution in [0.2, 0.25) is 0 Å². The first kappa shape index (κ1) is 23.1. The van der Waals surface area contributed by atoms with Gasteiger partial charge in [-0.15, -0.1) is 0 Å². The van der Waals surface area contributed by atoms with Crippen LogP contribution in [-0.2, 0) is 23.1 Å². The topological polar surface area (TPSA) is 73.9 Å². The Balaban J connectivity index is 1.57. The van der Waals surface area contributed by atoms with Crippen LogP contribution in [-0.4, -0.2) is 22.6 Å². The summed E-state index contributed by atoms with van der Waals surface area (Å²) in [5.74, 6) is 0.629. The van der Waals surface area contributed by atoms with E-state index < -0.39 is 10.1 Å². The molecule has 1 N–H and O–H groups in total. The Kier molecular flexibility index (Phi) is 6.91. The van der Waals surface area contributed by atoms with Crippen LogP contribution in [0, 0.1) is 6.92 Å². The molecule has 0 heterocycles. The normalized spacial score (nSPS) is 15.5. The molecule has 6 nitrogen and oxygen atoms in total. The van der Waals surface area contributed by atoms with E-state index in [9.17, 15) is 8.42 Å². The molecule has 0 radical (unpaired) electrons. The Labute approximate surface area is 195 Å². The van der Waals surface area contributed by atoms with Crippen LogP contribution in [0.3, 0.4) is 0 Å². The van der Waals surface area contributed by atoms with Crippen molar-refractivity contribution in [3.8, 4) is 17.2 Å². The van der Waals surface area contributed by atoms with Gasteiger partial charge in [-0.05, 0) is 67.1 Å². The molecule has 0 spiro atoms. The SMILES string of the molecule is COc1cc(CNC2CCCc3ccccc32)cc(OC)c1OS(=O)(=O)c1ccc(C)cc1. The lowest BCUT2D eigenvalue weighted by Gasteiger charge is -2.26. The number of nitrogens with one attached hydrogen (secondary N) is 1. The van der Waals surface area contributed by atoms with Crippen molar-refractivity contribution >= 4 is 10.1 Å². The second kappa shape index (κ2) is 9.85. The maximum atomic E-state index is 12.8. The summed E-state index contributed by atoms with van der Waals surface area (Å²) in [6.45, 7) is 2.47. The molecule has 0 bridgehead atoms. The van der Waals surface area contributed by atoms with Crippen molar-refractivity contribution in [1.82, 2.24) is 5.32 Å². The third-order valence-corrected chi connectivity index (χ3v) is 7.18. The lowest BCUT2D eigenvalue weighted by Crippen LogP contribution is -2.24. The van der Waals surface area contributed by atoms with E-state index in [1.54, 1.807) is 24.3 Å².